The highest BCUT2D eigenvalue weighted by molar-refractivity contribution is 6.42. The van der Waals surface area contributed by atoms with Crippen LogP contribution in [-0.2, 0) is 20.9 Å². The van der Waals surface area contributed by atoms with Crippen molar-refractivity contribution in [3.63, 3.8) is 0 Å². The van der Waals surface area contributed by atoms with Gasteiger partial charge in [0.2, 0.25) is 5.78 Å². The van der Waals surface area contributed by atoms with Crippen molar-refractivity contribution in [2.75, 3.05) is 5.32 Å². The van der Waals surface area contributed by atoms with Crippen LogP contribution in [-0.4, -0.2) is 56.1 Å². The van der Waals surface area contributed by atoms with Crippen molar-refractivity contribution in [1.29, 1.82) is 0 Å². The molecule has 3 atom stereocenters. The number of anilines is 1. The first-order valence-electron chi connectivity index (χ1n) is 13.1. The van der Waals surface area contributed by atoms with Crippen molar-refractivity contribution < 1.29 is 32.3 Å². The number of aromatic nitrogens is 4. The maximum atomic E-state index is 12.9. The molecular formula is C27H35F3N6O4. The van der Waals surface area contributed by atoms with E-state index in [0.29, 0.717) is 17.6 Å². The summed E-state index contributed by atoms with van der Waals surface area (Å²) >= 11 is 0. The number of Topliss-reactive ketones (excluding diaryl/α,β-unsaturated/α-hetero) is 1. The van der Waals surface area contributed by atoms with Gasteiger partial charge in [0, 0.05) is 23.2 Å². The summed E-state index contributed by atoms with van der Waals surface area (Å²) in [7, 11) is 0. The van der Waals surface area contributed by atoms with Gasteiger partial charge in [-0.3, -0.25) is 19.4 Å². The molecule has 1 unspecified atom stereocenters. The molecule has 0 spiro atoms. The molecule has 3 N–H and O–H groups in total. The minimum absolute atomic E-state index is 0.147. The Bertz CT molecular complexity index is 1230. The van der Waals surface area contributed by atoms with Gasteiger partial charge in [0.05, 0.1) is 24.9 Å². The molecule has 0 aromatic carbocycles. The predicted octanol–water partition coefficient (Wildman–Crippen LogP) is 5.04. The van der Waals surface area contributed by atoms with Crippen LogP contribution in [0.2, 0.25) is 0 Å². The molecule has 0 saturated heterocycles. The number of hydrogen-bond acceptors (Lipinski definition) is 6. The van der Waals surface area contributed by atoms with Crippen LogP contribution in [0.15, 0.2) is 42.9 Å². The van der Waals surface area contributed by atoms with Crippen molar-refractivity contribution in [3.8, 4) is 0 Å². The number of allylic oxidation sites excluding steroid dienone is 4. The monoisotopic (exact) mass is 564 g/mol. The summed E-state index contributed by atoms with van der Waals surface area (Å²) in [5, 5.41) is 15.5. The molecule has 1 aliphatic carbocycles. The number of amides is 2. The molecule has 0 saturated carbocycles. The molecule has 0 fully saturated rings. The number of unbranched alkanes of at least 4 members (excludes halogenated alkanes) is 1. The Hall–Kier alpha value is -3.90. The molecule has 0 radical (unpaired) electrons. The van der Waals surface area contributed by atoms with Crippen LogP contribution in [0.4, 0.5) is 23.8 Å². The van der Waals surface area contributed by atoms with E-state index < -0.39 is 47.4 Å². The second-order valence-electron chi connectivity index (χ2n) is 10.7. The van der Waals surface area contributed by atoms with E-state index >= 15 is 0 Å². The van der Waals surface area contributed by atoms with E-state index in [0.717, 1.165) is 12.5 Å². The van der Waals surface area contributed by atoms with Crippen LogP contribution in [0.25, 0.3) is 5.57 Å². The first-order chi connectivity index (χ1) is 18.8. The molecule has 0 bridgehead atoms. The third-order valence-electron chi connectivity index (χ3n) is 6.48. The van der Waals surface area contributed by atoms with E-state index in [9.17, 15) is 27.6 Å². The van der Waals surface area contributed by atoms with Gasteiger partial charge in [0.15, 0.2) is 0 Å². The summed E-state index contributed by atoms with van der Waals surface area (Å²) in [6.07, 6.45) is 4.37. The van der Waals surface area contributed by atoms with E-state index in [1.54, 1.807) is 17.1 Å². The number of aromatic amines is 1. The quantitative estimate of drug-likeness (QED) is 0.328. The Morgan fingerprint density at radius 1 is 1.25 bits per heavy atom. The van der Waals surface area contributed by atoms with Crippen LogP contribution >= 0.6 is 0 Å². The lowest BCUT2D eigenvalue weighted by Crippen LogP contribution is -2.48. The van der Waals surface area contributed by atoms with E-state index in [-0.39, 0.29) is 25.2 Å². The Morgan fingerprint density at radius 2 is 2.00 bits per heavy atom. The summed E-state index contributed by atoms with van der Waals surface area (Å²) in [6.45, 7) is 7.70. The fourth-order valence-corrected chi connectivity index (χ4v) is 4.00. The van der Waals surface area contributed by atoms with Crippen LogP contribution in [0, 0.1) is 11.3 Å². The average Bonchev–Trinajstić information content (AvgIpc) is 3.57. The fraction of sp³-hybridized carbons (Fsp3) is 0.519. The number of H-pyrrole nitrogens is 1. The molecule has 3 rings (SSSR count). The van der Waals surface area contributed by atoms with Crippen molar-refractivity contribution in [2.45, 2.75) is 78.2 Å². The number of ether oxygens (including phenoxy) is 1. The smallest absolute Gasteiger partial charge is 0.408 e. The average molecular weight is 565 g/mol. The normalized spacial score (nSPS) is 17.1. The van der Waals surface area contributed by atoms with Gasteiger partial charge in [-0.2, -0.15) is 23.4 Å². The van der Waals surface area contributed by atoms with E-state index in [1.165, 1.54) is 24.4 Å². The number of alkyl halides is 3. The zero-order chi connectivity index (χ0) is 29.5. The lowest BCUT2D eigenvalue weighted by Gasteiger charge is -2.30. The molecule has 40 heavy (non-hydrogen) atoms. The summed E-state index contributed by atoms with van der Waals surface area (Å²) in [5.74, 6) is -2.96. The van der Waals surface area contributed by atoms with Gasteiger partial charge < -0.3 is 15.4 Å². The molecule has 0 aliphatic heterocycles. The lowest BCUT2D eigenvalue weighted by atomic mass is 9.89. The number of nitrogens with one attached hydrogen (secondary N) is 3. The Kier molecular flexibility index (Phi) is 9.93. The predicted molar refractivity (Wildman–Crippen MR) is 142 cm³/mol. The van der Waals surface area contributed by atoms with Gasteiger partial charge >= 0.3 is 12.3 Å². The highest BCUT2D eigenvalue weighted by atomic mass is 19.4. The number of halogens is 3. The maximum Gasteiger partial charge on any atom is 0.408 e. The third kappa shape index (κ3) is 8.55. The van der Waals surface area contributed by atoms with Crippen LogP contribution in [0.1, 0.15) is 58.9 Å². The Labute approximate surface area is 230 Å². The zero-order valence-electron chi connectivity index (χ0n) is 22.9. The molecule has 2 aromatic heterocycles. The first-order valence-corrected chi connectivity index (χ1v) is 13.1. The van der Waals surface area contributed by atoms with Gasteiger partial charge in [-0.05, 0) is 18.4 Å². The maximum absolute atomic E-state index is 12.9. The van der Waals surface area contributed by atoms with E-state index in [2.05, 4.69) is 25.9 Å². The van der Waals surface area contributed by atoms with Crippen molar-refractivity contribution in [1.82, 2.24) is 25.3 Å². The van der Waals surface area contributed by atoms with Gasteiger partial charge in [0.25, 0.3) is 5.91 Å². The molecule has 1 aliphatic rings. The standard InChI is InChI=1S/C27H35F3N6O4/c1-5-6-7-20(23(37)24(38)34-22-12-13-31-35-22)33-25(39)40-21(26(2,3)4)16-36-15-18(14-32-36)17-8-10-19(11-9-17)27(28,29)30/h8-10,12-15,19-21H,5-7,11,16H2,1-4H3,(H,33,39)(H2,31,34,35,38)/t19?,20-,21+/m0/s1. The number of ketones is 1. The molecule has 13 heteroatoms. The SMILES string of the molecule is CCCC[C@H](NC(=O)O[C@H](Cn1cc(C2=CCC(C(F)(F)F)C=C2)cn1)C(C)(C)C)C(=O)C(=O)Nc1ccn[nH]1. The minimum atomic E-state index is -4.29. The highest BCUT2D eigenvalue weighted by Gasteiger charge is 2.38. The van der Waals surface area contributed by atoms with Gasteiger partial charge in [0.1, 0.15) is 18.0 Å². The zero-order valence-corrected chi connectivity index (χ0v) is 22.9. The number of rotatable bonds is 11. The topological polar surface area (TPSA) is 131 Å². The van der Waals surface area contributed by atoms with Gasteiger partial charge in [-0.1, -0.05) is 58.8 Å². The van der Waals surface area contributed by atoms with Crippen molar-refractivity contribution in [3.05, 3.63) is 48.4 Å². The second kappa shape index (κ2) is 13.0. The summed E-state index contributed by atoms with van der Waals surface area (Å²) in [5.41, 5.74) is 0.736. The first kappa shape index (κ1) is 30.6. The number of carbonyl (C=O) groups is 3. The van der Waals surface area contributed by atoms with Crippen LogP contribution < -0.4 is 10.6 Å². The van der Waals surface area contributed by atoms with Crippen LogP contribution in [0.3, 0.4) is 0 Å². The van der Waals surface area contributed by atoms with Crippen molar-refractivity contribution in [2.24, 2.45) is 11.3 Å². The number of carbonyl (C=O) groups excluding carboxylic acids is 3. The lowest BCUT2D eigenvalue weighted by molar-refractivity contribution is -0.160. The minimum Gasteiger partial charge on any atom is -0.444 e. The third-order valence-corrected chi connectivity index (χ3v) is 6.48. The number of hydrogen-bond donors (Lipinski definition) is 3. The molecule has 218 valence electrons. The molecule has 10 nitrogen and oxygen atoms in total. The fourth-order valence-electron chi connectivity index (χ4n) is 4.00. The summed E-state index contributed by atoms with van der Waals surface area (Å²) in [6, 6.07) is 0.404. The number of alkyl carbamates (subject to hydrolysis) is 1. The number of nitrogens with zero attached hydrogens (tertiary/aromatic N) is 3. The Balaban J connectivity index is 1.65. The van der Waals surface area contributed by atoms with Crippen molar-refractivity contribution >= 4 is 29.2 Å². The van der Waals surface area contributed by atoms with Gasteiger partial charge in [-0.15, -0.1) is 0 Å². The molecule has 2 amide bonds. The highest BCUT2D eigenvalue weighted by Crippen LogP contribution is 2.35. The van der Waals surface area contributed by atoms with Gasteiger partial charge in [-0.25, -0.2) is 4.79 Å². The van der Waals surface area contributed by atoms with Crippen LogP contribution in [0.5, 0.6) is 0 Å². The second-order valence-corrected chi connectivity index (χ2v) is 10.7. The van der Waals surface area contributed by atoms with E-state index in [4.69, 9.17) is 4.74 Å². The molecule has 2 aromatic rings. The molecular weight excluding hydrogens is 529 g/mol. The molecule has 2 heterocycles. The largest absolute Gasteiger partial charge is 0.444 e. The van der Waals surface area contributed by atoms with E-state index in [1.807, 2.05) is 27.7 Å². The Morgan fingerprint density at radius 3 is 2.58 bits per heavy atom. The summed E-state index contributed by atoms with van der Waals surface area (Å²) < 4.78 is 46.1. The summed E-state index contributed by atoms with van der Waals surface area (Å²) in [4.78, 5) is 38.1.